The molecular weight excluding hydrogens is 252 g/mol. The molecule has 98 valence electrons. The van der Waals surface area contributed by atoms with Gasteiger partial charge in [-0.05, 0) is 0 Å². The zero-order valence-corrected chi connectivity index (χ0v) is 9.94. The first-order chi connectivity index (χ1) is 9.13. The van der Waals surface area contributed by atoms with Gasteiger partial charge in [-0.25, -0.2) is 10.2 Å². The Balaban J connectivity index is 2.39. The first-order valence-electron chi connectivity index (χ1n) is 5.25. The van der Waals surface area contributed by atoms with Crippen molar-refractivity contribution in [3.63, 3.8) is 0 Å². The number of fused-ring (bicyclic) bond motifs is 1. The van der Waals surface area contributed by atoms with E-state index in [1.165, 1.54) is 19.2 Å². The van der Waals surface area contributed by atoms with Crippen LogP contribution in [0.2, 0.25) is 0 Å². The Morgan fingerprint density at radius 2 is 2.05 bits per heavy atom. The number of rotatable bonds is 2. The number of para-hydroxylation sites is 2. The number of hydrazone groups is 1. The summed E-state index contributed by atoms with van der Waals surface area (Å²) >= 11 is 0. The van der Waals surface area contributed by atoms with E-state index in [-0.39, 0.29) is 16.7 Å². The molecule has 0 aliphatic carbocycles. The normalized spacial score (nSPS) is 10.8. The minimum absolute atomic E-state index is 0.00916. The molecule has 0 unspecified atom stereocenters. The predicted molar refractivity (Wildman–Crippen MR) is 65.0 cm³/mol. The van der Waals surface area contributed by atoms with Crippen LogP contribution in [0.1, 0.15) is 5.69 Å². The summed E-state index contributed by atoms with van der Waals surface area (Å²) in [6.45, 7) is 0. The highest BCUT2D eigenvalue weighted by atomic mass is 16.5. The summed E-state index contributed by atoms with van der Waals surface area (Å²) < 4.78 is 5.40. The maximum atomic E-state index is 12.0. The minimum atomic E-state index is -0.774. The summed E-state index contributed by atoms with van der Waals surface area (Å²) in [7, 11) is 1.18. The van der Waals surface area contributed by atoms with Crippen molar-refractivity contribution in [2.45, 2.75) is 0 Å². The summed E-state index contributed by atoms with van der Waals surface area (Å²) in [4.78, 5) is 10.8. The van der Waals surface area contributed by atoms with Gasteiger partial charge in [-0.1, -0.05) is 12.1 Å². The van der Waals surface area contributed by atoms with E-state index < -0.39 is 6.09 Å². The molecular formula is C11H10N4O4. The number of carbonyl (C=O) groups is 1. The lowest BCUT2D eigenvalue weighted by molar-refractivity contribution is -0.629. The van der Waals surface area contributed by atoms with Crippen molar-refractivity contribution in [2.24, 2.45) is 5.10 Å². The molecule has 0 radical (unpaired) electrons. The van der Waals surface area contributed by atoms with E-state index >= 15 is 0 Å². The molecule has 8 nitrogen and oxygen atoms in total. The molecule has 2 aromatic rings. The number of carbonyl (C=O) groups excluding carboxylic acids is 1. The van der Waals surface area contributed by atoms with Crippen LogP contribution < -0.4 is 14.9 Å². The van der Waals surface area contributed by atoms with Crippen molar-refractivity contribution >= 4 is 23.3 Å². The second-order valence-electron chi connectivity index (χ2n) is 3.52. The average molecular weight is 262 g/mol. The fraction of sp³-hybridized carbons (Fsp3) is 0.0909. The highest BCUT2D eigenvalue weighted by molar-refractivity contribution is 5.78. The first kappa shape index (κ1) is 12.6. The van der Waals surface area contributed by atoms with Gasteiger partial charge in [0.15, 0.2) is 0 Å². The van der Waals surface area contributed by atoms with Crippen molar-refractivity contribution in [2.75, 3.05) is 7.11 Å². The molecule has 0 aliphatic heterocycles. The molecule has 0 fully saturated rings. The number of methoxy groups -OCH3 is 1. The van der Waals surface area contributed by atoms with Gasteiger partial charge in [0.05, 0.1) is 7.11 Å². The molecule has 0 bridgehead atoms. The second kappa shape index (κ2) is 5.17. The Morgan fingerprint density at radius 1 is 1.37 bits per heavy atom. The van der Waals surface area contributed by atoms with E-state index in [1.54, 1.807) is 12.1 Å². The number of hydrogen-bond donors (Lipinski definition) is 1. The topological polar surface area (TPSA) is 105 Å². The third-order valence-electron chi connectivity index (χ3n) is 2.36. The molecule has 1 heterocycles. The molecule has 2 rings (SSSR count). The van der Waals surface area contributed by atoms with Gasteiger partial charge in [-0.2, -0.15) is 14.6 Å². The smallest absolute Gasteiger partial charge is 0.427 e. The van der Waals surface area contributed by atoms with Crippen molar-refractivity contribution in [3.8, 4) is 0 Å². The maximum Gasteiger partial charge on any atom is 0.427 e. The monoisotopic (exact) mass is 262 g/mol. The van der Waals surface area contributed by atoms with Crippen LogP contribution in [-0.2, 0) is 4.74 Å². The van der Waals surface area contributed by atoms with Gasteiger partial charge >= 0.3 is 11.8 Å². The third-order valence-corrected chi connectivity index (χ3v) is 2.36. The van der Waals surface area contributed by atoms with Crippen molar-refractivity contribution in [1.29, 1.82) is 0 Å². The van der Waals surface area contributed by atoms with E-state index in [4.69, 9.17) is 0 Å². The van der Waals surface area contributed by atoms with Gasteiger partial charge in [0.2, 0.25) is 0 Å². The Kier molecular flexibility index (Phi) is 3.42. The Labute approximate surface area is 107 Å². The second-order valence-corrected chi connectivity index (χ2v) is 3.52. The van der Waals surface area contributed by atoms with Gasteiger partial charge < -0.3 is 15.2 Å². The summed E-state index contributed by atoms with van der Waals surface area (Å²) in [6, 6.07) is 6.35. The van der Waals surface area contributed by atoms with Crippen LogP contribution in [0.5, 0.6) is 0 Å². The SMILES string of the molecule is COC(=O)N/N=C\c1c[n+]([O-])c2ccccc2[n+]1[O-]. The number of ether oxygens (including phenoxy) is 1. The van der Waals surface area contributed by atoms with E-state index in [1.807, 2.05) is 5.43 Å². The summed E-state index contributed by atoms with van der Waals surface area (Å²) in [5.74, 6) is 0. The molecule has 0 saturated carbocycles. The number of nitrogens with zero attached hydrogens (tertiary/aromatic N) is 3. The van der Waals surface area contributed by atoms with Crippen LogP contribution in [0.3, 0.4) is 0 Å². The van der Waals surface area contributed by atoms with Crippen molar-refractivity contribution in [1.82, 2.24) is 5.43 Å². The molecule has 0 saturated heterocycles. The lowest BCUT2D eigenvalue weighted by Crippen LogP contribution is -2.41. The fourth-order valence-electron chi connectivity index (χ4n) is 1.49. The fourth-order valence-corrected chi connectivity index (χ4v) is 1.49. The molecule has 1 aromatic heterocycles. The number of aromatic nitrogens is 2. The summed E-state index contributed by atoms with van der Waals surface area (Å²) in [5.41, 5.74) is 2.46. The Morgan fingerprint density at radius 3 is 2.74 bits per heavy atom. The van der Waals surface area contributed by atoms with Crippen molar-refractivity contribution < 1.29 is 19.0 Å². The minimum Gasteiger partial charge on any atom is -0.618 e. The molecule has 8 heteroatoms. The van der Waals surface area contributed by atoms with Gasteiger partial charge in [-0.15, -0.1) is 0 Å². The predicted octanol–water partition coefficient (Wildman–Crippen LogP) is -0.203. The molecule has 1 amide bonds. The van der Waals surface area contributed by atoms with Gasteiger partial charge in [0.25, 0.3) is 17.2 Å². The quantitative estimate of drug-likeness (QED) is 0.350. The molecule has 0 atom stereocenters. The lowest BCUT2D eigenvalue weighted by Gasteiger charge is -2.05. The van der Waals surface area contributed by atoms with E-state index in [0.717, 1.165) is 12.4 Å². The summed E-state index contributed by atoms with van der Waals surface area (Å²) in [5, 5.41) is 27.1. The molecule has 1 N–H and O–H groups in total. The largest absolute Gasteiger partial charge is 0.618 e. The molecule has 0 spiro atoms. The number of amides is 1. The van der Waals surface area contributed by atoms with Crippen LogP contribution in [0.25, 0.3) is 11.0 Å². The summed E-state index contributed by atoms with van der Waals surface area (Å²) in [6.07, 6.45) is 1.35. The van der Waals surface area contributed by atoms with Crippen LogP contribution in [0.4, 0.5) is 4.79 Å². The Bertz CT molecular complexity index is 656. The van der Waals surface area contributed by atoms with Gasteiger partial charge in [0.1, 0.15) is 6.21 Å². The number of benzene rings is 1. The number of hydrogen-bond acceptors (Lipinski definition) is 5. The zero-order valence-electron chi connectivity index (χ0n) is 9.94. The van der Waals surface area contributed by atoms with E-state index in [9.17, 15) is 15.2 Å². The highest BCUT2D eigenvalue weighted by Gasteiger charge is 2.17. The molecule has 1 aromatic carbocycles. The van der Waals surface area contributed by atoms with Crippen LogP contribution >= 0.6 is 0 Å². The number of nitrogens with one attached hydrogen (secondary N) is 1. The third kappa shape index (κ3) is 2.51. The van der Waals surface area contributed by atoms with Crippen LogP contribution in [-0.4, -0.2) is 19.4 Å². The van der Waals surface area contributed by atoms with Crippen LogP contribution in [0.15, 0.2) is 35.6 Å². The standard InChI is InChI=1S/C11H10N4O4/c1-19-11(16)13-12-6-8-7-14(17)9-4-2-3-5-10(9)15(8)18/h2-7H,1H3,(H,13,16)/b12-6-. The van der Waals surface area contributed by atoms with Gasteiger partial charge in [0, 0.05) is 12.1 Å². The van der Waals surface area contributed by atoms with E-state index in [2.05, 4.69) is 9.84 Å². The first-order valence-corrected chi connectivity index (χ1v) is 5.25. The zero-order chi connectivity index (χ0) is 13.8. The molecule has 0 aliphatic rings. The highest BCUT2D eigenvalue weighted by Crippen LogP contribution is 2.03. The average Bonchev–Trinajstić information content (AvgIpc) is 2.44. The lowest BCUT2D eigenvalue weighted by atomic mass is 10.3. The maximum absolute atomic E-state index is 12.0. The van der Waals surface area contributed by atoms with Crippen LogP contribution in [0, 0.1) is 10.4 Å². The molecule has 19 heavy (non-hydrogen) atoms. The van der Waals surface area contributed by atoms with E-state index in [0.29, 0.717) is 9.46 Å². The van der Waals surface area contributed by atoms with Crippen molar-refractivity contribution in [3.05, 3.63) is 46.6 Å². The van der Waals surface area contributed by atoms with Gasteiger partial charge in [-0.3, -0.25) is 0 Å². The Hall–Kier alpha value is -2.90.